The van der Waals surface area contributed by atoms with Crippen LogP contribution in [0.5, 0.6) is 0 Å². The Morgan fingerprint density at radius 2 is 1.15 bits per heavy atom. The van der Waals surface area contributed by atoms with Crippen LogP contribution in [0, 0.1) is 23.7 Å². The second-order valence-corrected chi connectivity index (χ2v) is 9.64. The number of hydrogen-bond acceptors (Lipinski definition) is 1. The molecule has 152 valence electrons. The molecule has 0 aromatic carbocycles. The van der Waals surface area contributed by atoms with Gasteiger partial charge in [0, 0.05) is 5.92 Å². The number of aldehydes is 1. The molecular formula is C25H46O. The summed E-state index contributed by atoms with van der Waals surface area (Å²) >= 11 is 0. The Morgan fingerprint density at radius 3 is 1.73 bits per heavy atom. The second kappa shape index (κ2) is 13.8. The maximum Gasteiger partial charge on any atom is 0.123 e. The van der Waals surface area contributed by atoms with Crippen LogP contribution in [0.25, 0.3) is 0 Å². The molecule has 0 spiro atoms. The minimum atomic E-state index is 0.384. The van der Waals surface area contributed by atoms with Crippen LogP contribution in [0.15, 0.2) is 0 Å². The molecule has 0 radical (unpaired) electrons. The molecule has 1 heteroatoms. The van der Waals surface area contributed by atoms with Crippen LogP contribution < -0.4 is 0 Å². The molecule has 4 unspecified atom stereocenters. The molecule has 0 N–H and O–H groups in total. The van der Waals surface area contributed by atoms with Crippen molar-refractivity contribution in [2.24, 2.45) is 23.7 Å². The highest BCUT2D eigenvalue weighted by molar-refractivity contribution is 5.53. The molecule has 2 rings (SSSR count). The van der Waals surface area contributed by atoms with E-state index in [-0.39, 0.29) is 0 Å². The van der Waals surface area contributed by atoms with E-state index >= 15 is 0 Å². The molecule has 0 aromatic rings. The van der Waals surface area contributed by atoms with Crippen LogP contribution in [-0.4, -0.2) is 6.29 Å². The van der Waals surface area contributed by atoms with Gasteiger partial charge >= 0.3 is 0 Å². The highest BCUT2D eigenvalue weighted by Crippen LogP contribution is 2.34. The standard InChI is InChI=1S/C25H46O/c1-2-22-15-11-16-23(19-22)13-9-7-5-3-4-6-8-10-14-24-17-12-18-25(20-24)21-26/h21-25H,2-20H2,1H3. The normalized spacial score (nSPS) is 29.6. The first-order valence-corrected chi connectivity index (χ1v) is 12.3. The van der Waals surface area contributed by atoms with Gasteiger partial charge in [-0.15, -0.1) is 0 Å². The van der Waals surface area contributed by atoms with Gasteiger partial charge in [0.2, 0.25) is 0 Å². The molecule has 0 saturated heterocycles. The first kappa shape index (κ1) is 22.0. The van der Waals surface area contributed by atoms with Gasteiger partial charge in [-0.3, -0.25) is 0 Å². The van der Waals surface area contributed by atoms with Crippen molar-refractivity contribution in [2.75, 3.05) is 0 Å². The SMILES string of the molecule is CCC1CCCC(CCCCCCCCCCC2CCCC(C=O)C2)C1. The van der Waals surface area contributed by atoms with E-state index in [1.807, 2.05) is 0 Å². The topological polar surface area (TPSA) is 17.1 Å². The quantitative estimate of drug-likeness (QED) is 0.239. The first-order chi connectivity index (χ1) is 12.8. The maximum atomic E-state index is 10.9. The average Bonchev–Trinajstić information content (AvgIpc) is 2.69. The van der Waals surface area contributed by atoms with Gasteiger partial charge in [-0.1, -0.05) is 110 Å². The van der Waals surface area contributed by atoms with Gasteiger partial charge in [0.15, 0.2) is 0 Å². The van der Waals surface area contributed by atoms with Gasteiger partial charge < -0.3 is 4.79 Å². The lowest BCUT2D eigenvalue weighted by molar-refractivity contribution is -0.112. The van der Waals surface area contributed by atoms with Crippen molar-refractivity contribution in [3.8, 4) is 0 Å². The Labute approximate surface area is 164 Å². The van der Waals surface area contributed by atoms with E-state index in [0.717, 1.165) is 24.2 Å². The summed E-state index contributed by atoms with van der Waals surface area (Å²) < 4.78 is 0. The number of carbonyl (C=O) groups is 1. The minimum Gasteiger partial charge on any atom is -0.303 e. The van der Waals surface area contributed by atoms with Crippen molar-refractivity contribution in [1.29, 1.82) is 0 Å². The van der Waals surface area contributed by atoms with E-state index in [9.17, 15) is 4.79 Å². The van der Waals surface area contributed by atoms with E-state index in [1.54, 1.807) is 0 Å². The zero-order chi connectivity index (χ0) is 18.5. The number of carbonyl (C=O) groups excluding carboxylic acids is 1. The summed E-state index contributed by atoms with van der Waals surface area (Å²) in [5.41, 5.74) is 0. The molecule has 0 aliphatic heterocycles. The summed E-state index contributed by atoms with van der Waals surface area (Å²) in [5, 5.41) is 0. The number of unbranched alkanes of at least 4 members (excludes halogenated alkanes) is 7. The Balaban J connectivity index is 1.34. The van der Waals surface area contributed by atoms with Crippen molar-refractivity contribution >= 4 is 6.29 Å². The molecule has 1 nitrogen and oxygen atoms in total. The Bertz CT molecular complexity index is 350. The third-order valence-electron chi connectivity index (χ3n) is 7.46. The highest BCUT2D eigenvalue weighted by atomic mass is 16.1. The molecule has 2 fully saturated rings. The first-order valence-electron chi connectivity index (χ1n) is 12.3. The van der Waals surface area contributed by atoms with E-state index in [0.29, 0.717) is 5.92 Å². The smallest absolute Gasteiger partial charge is 0.123 e. The summed E-state index contributed by atoms with van der Waals surface area (Å²) in [6.45, 7) is 2.38. The molecule has 0 bridgehead atoms. The van der Waals surface area contributed by atoms with E-state index in [4.69, 9.17) is 0 Å². The van der Waals surface area contributed by atoms with Crippen LogP contribution in [0.3, 0.4) is 0 Å². The fraction of sp³-hybridized carbons (Fsp3) is 0.960. The van der Waals surface area contributed by atoms with Crippen molar-refractivity contribution < 1.29 is 4.79 Å². The van der Waals surface area contributed by atoms with E-state index in [2.05, 4.69) is 6.92 Å². The number of rotatable bonds is 13. The average molecular weight is 363 g/mol. The predicted molar refractivity (Wildman–Crippen MR) is 113 cm³/mol. The van der Waals surface area contributed by atoms with Crippen molar-refractivity contribution in [3.05, 3.63) is 0 Å². The van der Waals surface area contributed by atoms with Crippen LogP contribution in [0.2, 0.25) is 0 Å². The summed E-state index contributed by atoms with van der Waals surface area (Å²) in [7, 11) is 0. The second-order valence-electron chi connectivity index (χ2n) is 9.64. The zero-order valence-electron chi connectivity index (χ0n) is 17.7. The van der Waals surface area contributed by atoms with Crippen molar-refractivity contribution in [1.82, 2.24) is 0 Å². The highest BCUT2D eigenvalue weighted by Gasteiger charge is 2.21. The van der Waals surface area contributed by atoms with Crippen LogP contribution in [-0.2, 0) is 4.79 Å². The molecule has 2 aliphatic carbocycles. The van der Waals surface area contributed by atoms with Gasteiger partial charge in [0.1, 0.15) is 6.29 Å². The van der Waals surface area contributed by atoms with Crippen LogP contribution in [0.1, 0.15) is 129 Å². The molecular weight excluding hydrogens is 316 g/mol. The summed E-state index contributed by atoms with van der Waals surface area (Å²) in [4.78, 5) is 10.9. The molecule has 0 aromatic heterocycles. The van der Waals surface area contributed by atoms with E-state index < -0.39 is 0 Å². The predicted octanol–water partition coefficient (Wildman–Crippen LogP) is 8.11. The minimum absolute atomic E-state index is 0.384. The monoisotopic (exact) mass is 362 g/mol. The molecule has 2 saturated carbocycles. The summed E-state index contributed by atoms with van der Waals surface area (Å²) in [6.07, 6.45) is 28.2. The fourth-order valence-electron chi connectivity index (χ4n) is 5.68. The lowest BCUT2D eigenvalue weighted by Gasteiger charge is -2.28. The summed E-state index contributed by atoms with van der Waals surface area (Å²) in [5.74, 6) is 3.35. The number of hydrogen-bond donors (Lipinski definition) is 0. The molecule has 26 heavy (non-hydrogen) atoms. The van der Waals surface area contributed by atoms with Gasteiger partial charge in [-0.2, -0.15) is 0 Å². The Morgan fingerprint density at radius 1 is 0.654 bits per heavy atom. The van der Waals surface area contributed by atoms with Gasteiger partial charge in [-0.05, 0) is 37.0 Å². The van der Waals surface area contributed by atoms with Crippen LogP contribution >= 0.6 is 0 Å². The molecule has 4 atom stereocenters. The Kier molecular flexibility index (Phi) is 11.6. The molecule has 0 amide bonds. The van der Waals surface area contributed by atoms with Gasteiger partial charge in [0.25, 0.3) is 0 Å². The fourth-order valence-corrected chi connectivity index (χ4v) is 5.68. The lowest BCUT2D eigenvalue weighted by Crippen LogP contribution is -2.16. The van der Waals surface area contributed by atoms with E-state index in [1.165, 1.54) is 122 Å². The molecule has 0 heterocycles. The van der Waals surface area contributed by atoms with Crippen LogP contribution in [0.4, 0.5) is 0 Å². The Hall–Kier alpha value is -0.330. The summed E-state index contributed by atoms with van der Waals surface area (Å²) in [6, 6.07) is 0. The van der Waals surface area contributed by atoms with Crippen molar-refractivity contribution in [3.63, 3.8) is 0 Å². The maximum absolute atomic E-state index is 10.9. The lowest BCUT2D eigenvalue weighted by atomic mass is 9.78. The zero-order valence-corrected chi connectivity index (χ0v) is 17.7. The largest absolute Gasteiger partial charge is 0.303 e. The van der Waals surface area contributed by atoms with Gasteiger partial charge in [0.05, 0.1) is 0 Å². The van der Waals surface area contributed by atoms with Gasteiger partial charge in [-0.25, -0.2) is 0 Å². The van der Waals surface area contributed by atoms with Crippen molar-refractivity contribution in [2.45, 2.75) is 129 Å². The third-order valence-corrected chi connectivity index (χ3v) is 7.46. The third kappa shape index (κ3) is 9.05. The molecule has 2 aliphatic rings.